The molecule has 0 radical (unpaired) electrons. The average molecular weight is 253 g/mol. The maximum absolute atomic E-state index is 11.9. The Kier molecular flexibility index (Phi) is 6.54. The Morgan fingerprint density at radius 2 is 2.06 bits per heavy atom. The third kappa shape index (κ3) is 3.73. The van der Waals surface area contributed by atoms with E-state index in [1.54, 1.807) is 6.92 Å². The molecular weight excluding hydrogens is 234 g/mol. The second kappa shape index (κ2) is 6.82. The first-order valence-electron chi connectivity index (χ1n) is 5.09. The number of rotatable bonds is 7. The Bertz CT molecular complexity index is 314. The fourth-order valence-corrected chi connectivity index (χ4v) is 2.75. The highest BCUT2D eigenvalue weighted by molar-refractivity contribution is 7.90. The van der Waals surface area contributed by atoms with Gasteiger partial charge >= 0.3 is 5.97 Å². The van der Waals surface area contributed by atoms with Crippen molar-refractivity contribution in [3.63, 3.8) is 0 Å². The van der Waals surface area contributed by atoms with Gasteiger partial charge < -0.3 is 9.84 Å². The maximum Gasteiger partial charge on any atom is 0.325 e. The lowest BCUT2D eigenvalue weighted by Crippen LogP contribution is -2.42. The minimum atomic E-state index is -3.69. The molecule has 0 aliphatic rings. The molecule has 0 saturated carbocycles. The molecule has 16 heavy (non-hydrogen) atoms. The first-order valence-corrected chi connectivity index (χ1v) is 6.59. The fourth-order valence-electron chi connectivity index (χ4n) is 1.22. The third-order valence-corrected chi connectivity index (χ3v) is 4.50. The molecular formula is C9H19NO5S. The molecule has 0 amide bonds. The number of hydrogen-bond donors (Lipinski definition) is 1. The van der Waals surface area contributed by atoms with Gasteiger partial charge in [-0.3, -0.25) is 4.79 Å². The van der Waals surface area contributed by atoms with E-state index < -0.39 is 21.2 Å². The van der Waals surface area contributed by atoms with Crippen LogP contribution in [0.2, 0.25) is 0 Å². The number of aliphatic hydroxyl groups is 1. The van der Waals surface area contributed by atoms with Crippen molar-refractivity contribution in [1.82, 2.24) is 4.31 Å². The van der Waals surface area contributed by atoms with Crippen LogP contribution in [0.3, 0.4) is 0 Å². The summed E-state index contributed by atoms with van der Waals surface area (Å²) in [5, 5.41) is 7.45. The molecule has 6 nitrogen and oxygen atoms in total. The summed E-state index contributed by atoms with van der Waals surface area (Å²) in [5.74, 6) is -0.776. The zero-order valence-electron chi connectivity index (χ0n) is 9.84. The van der Waals surface area contributed by atoms with Crippen molar-refractivity contribution >= 4 is 16.0 Å². The Morgan fingerprint density at radius 1 is 1.50 bits per heavy atom. The standard InChI is InChI=1S/C9H19NO5S/c1-4-10(6-5-7-11)16(13,14)8(2)9(12)15-3/h8,11H,4-7H2,1-3H3. The van der Waals surface area contributed by atoms with Gasteiger partial charge in [-0.15, -0.1) is 0 Å². The van der Waals surface area contributed by atoms with Gasteiger partial charge in [-0.05, 0) is 13.3 Å². The average Bonchev–Trinajstić information content (AvgIpc) is 2.27. The van der Waals surface area contributed by atoms with Crippen LogP contribution >= 0.6 is 0 Å². The van der Waals surface area contributed by atoms with Crippen LogP contribution in [0.5, 0.6) is 0 Å². The lowest BCUT2D eigenvalue weighted by Gasteiger charge is -2.22. The van der Waals surface area contributed by atoms with Crippen LogP contribution in [0.25, 0.3) is 0 Å². The molecule has 0 aliphatic heterocycles. The van der Waals surface area contributed by atoms with Gasteiger partial charge in [-0.25, -0.2) is 12.7 Å². The minimum absolute atomic E-state index is 0.0847. The summed E-state index contributed by atoms with van der Waals surface area (Å²) in [6.07, 6.45) is 0.348. The second-order valence-electron chi connectivity index (χ2n) is 3.28. The maximum atomic E-state index is 11.9. The van der Waals surface area contributed by atoms with E-state index in [0.717, 1.165) is 7.11 Å². The number of carbonyl (C=O) groups excluding carboxylic acids is 1. The van der Waals surface area contributed by atoms with E-state index in [4.69, 9.17) is 5.11 Å². The molecule has 0 aromatic rings. The van der Waals surface area contributed by atoms with Crippen LogP contribution in [-0.4, -0.2) is 55.9 Å². The van der Waals surface area contributed by atoms with Gasteiger partial charge in [0.1, 0.15) is 0 Å². The monoisotopic (exact) mass is 253 g/mol. The molecule has 0 heterocycles. The number of aliphatic hydroxyl groups excluding tert-OH is 1. The predicted octanol–water partition coefficient (Wildman–Crippen LogP) is -0.418. The summed E-state index contributed by atoms with van der Waals surface area (Å²) in [6.45, 7) is 3.36. The van der Waals surface area contributed by atoms with Crippen LogP contribution < -0.4 is 0 Å². The van der Waals surface area contributed by atoms with Crippen LogP contribution in [0, 0.1) is 0 Å². The van der Waals surface area contributed by atoms with Crippen molar-refractivity contribution in [2.45, 2.75) is 25.5 Å². The van der Waals surface area contributed by atoms with Gasteiger partial charge in [0, 0.05) is 19.7 Å². The lowest BCUT2D eigenvalue weighted by molar-refractivity contribution is -0.139. The normalized spacial score (nSPS) is 13.8. The number of nitrogens with zero attached hydrogens (tertiary/aromatic N) is 1. The number of sulfonamides is 1. The molecule has 0 spiro atoms. The Labute approximate surface area is 96.2 Å². The highest BCUT2D eigenvalue weighted by Crippen LogP contribution is 2.10. The van der Waals surface area contributed by atoms with Gasteiger partial charge in [0.2, 0.25) is 10.0 Å². The summed E-state index contributed by atoms with van der Waals surface area (Å²) in [4.78, 5) is 11.2. The van der Waals surface area contributed by atoms with E-state index in [2.05, 4.69) is 4.74 Å². The van der Waals surface area contributed by atoms with Crippen LogP contribution in [0.1, 0.15) is 20.3 Å². The van der Waals surface area contributed by atoms with Crippen LogP contribution in [0.4, 0.5) is 0 Å². The molecule has 0 saturated heterocycles. The summed E-state index contributed by atoms with van der Waals surface area (Å²) in [5.41, 5.74) is 0. The molecule has 1 unspecified atom stereocenters. The van der Waals surface area contributed by atoms with Crippen molar-refractivity contribution < 1.29 is 23.1 Å². The van der Waals surface area contributed by atoms with Gasteiger partial charge in [0.05, 0.1) is 7.11 Å². The smallest absolute Gasteiger partial charge is 0.325 e. The van der Waals surface area contributed by atoms with Gasteiger partial charge in [0.25, 0.3) is 0 Å². The summed E-state index contributed by atoms with van der Waals surface area (Å²) < 4.78 is 29.4. The van der Waals surface area contributed by atoms with Gasteiger partial charge in [-0.2, -0.15) is 0 Å². The fraction of sp³-hybridized carbons (Fsp3) is 0.889. The Hall–Kier alpha value is -0.660. The number of esters is 1. The minimum Gasteiger partial charge on any atom is -0.468 e. The van der Waals surface area contributed by atoms with Crippen molar-refractivity contribution in [3.8, 4) is 0 Å². The molecule has 1 N–H and O–H groups in total. The molecule has 96 valence electrons. The van der Waals surface area contributed by atoms with Crippen molar-refractivity contribution in [2.24, 2.45) is 0 Å². The SMILES string of the molecule is CCN(CCCO)S(=O)(=O)C(C)C(=O)OC. The van der Waals surface area contributed by atoms with E-state index in [-0.39, 0.29) is 19.7 Å². The highest BCUT2D eigenvalue weighted by atomic mass is 32.2. The second-order valence-corrected chi connectivity index (χ2v) is 5.53. The van der Waals surface area contributed by atoms with E-state index in [0.29, 0.717) is 6.42 Å². The molecule has 0 rings (SSSR count). The summed E-state index contributed by atoms with van der Waals surface area (Å²) in [7, 11) is -2.54. The largest absolute Gasteiger partial charge is 0.468 e. The zero-order valence-corrected chi connectivity index (χ0v) is 10.7. The molecule has 0 aromatic carbocycles. The molecule has 7 heteroatoms. The van der Waals surface area contributed by atoms with Gasteiger partial charge in [0.15, 0.2) is 5.25 Å². The molecule has 0 aromatic heterocycles. The molecule has 0 bridgehead atoms. The van der Waals surface area contributed by atoms with Crippen molar-refractivity contribution in [3.05, 3.63) is 0 Å². The number of ether oxygens (including phenoxy) is 1. The van der Waals surface area contributed by atoms with E-state index in [1.165, 1.54) is 11.2 Å². The van der Waals surface area contributed by atoms with E-state index in [1.807, 2.05) is 0 Å². The topological polar surface area (TPSA) is 83.9 Å². The third-order valence-electron chi connectivity index (χ3n) is 2.26. The van der Waals surface area contributed by atoms with E-state index in [9.17, 15) is 13.2 Å². The van der Waals surface area contributed by atoms with Crippen molar-refractivity contribution in [2.75, 3.05) is 26.8 Å². The van der Waals surface area contributed by atoms with Crippen molar-refractivity contribution in [1.29, 1.82) is 0 Å². The Morgan fingerprint density at radius 3 is 2.44 bits per heavy atom. The first kappa shape index (κ1) is 15.3. The summed E-state index contributed by atoms with van der Waals surface area (Å²) in [6, 6.07) is 0. The number of hydrogen-bond acceptors (Lipinski definition) is 5. The number of carbonyl (C=O) groups is 1. The Balaban J connectivity index is 4.79. The molecule has 0 aliphatic carbocycles. The quantitative estimate of drug-likeness (QED) is 0.623. The molecule has 1 atom stereocenters. The predicted molar refractivity (Wildman–Crippen MR) is 59.3 cm³/mol. The lowest BCUT2D eigenvalue weighted by atomic mass is 10.4. The summed E-state index contributed by atoms with van der Waals surface area (Å²) >= 11 is 0. The van der Waals surface area contributed by atoms with E-state index >= 15 is 0 Å². The molecule has 0 fully saturated rings. The number of methoxy groups -OCH3 is 1. The van der Waals surface area contributed by atoms with Gasteiger partial charge in [-0.1, -0.05) is 6.92 Å². The first-order chi connectivity index (χ1) is 7.41. The highest BCUT2D eigenvalue weighted by Gasteiger charge is 2.33. The van der Waals surface area contributed by atoms with Crippen LogP contribution in [-0.2, 0) is 19.6 Å². The van der Waals surface area contributed by atoms with Crippen LogP contribution in [0.15, 0.2) is 0 Å². The zero-order chi connectivity index (χ0) is 12.8.